The molecular formula is C15H10F3N3O2S. The largest absolute Gasteiger partial charge is 0.445 e. The molecule has 3 rings (SSSR count). The van der Waals surface area contributed by atoms with Crippen LogP contribution in [-0.2, 0) is 12.7 Å². The summed E-state index contributed by atoms with van der Waals surface area (Å²) in [6.07, 6.45) is -1.65. The molecule has 0 aliphatic rings. The number of oxazole rings is 1. The van der Waals surface area contributed by atoms with Crippen LogP contribution in [-0.4, -0.2) is 15.9 Å². The number of benzene rings is 1. The number of carbonyl (C=O) groups is 1. The molecular weight excluding hydrogens is 343 g/mol. The van der Waals surface area contributed by atoms with Gasteiger partial charge in [0.05, 0.1) is 18.3 Å². The predicted molar refractivity (Wildman–Crippen MR) is 80.2 cm³/mol. The molecule has 0 bridgehead atoms. The van der Waals surface area contributed by atoms with Gasteiger partial charge in [0.1, 0.15) is 11.3 Å². The van der Waals surface area contributed by atoms with Crippen molar-refractivity contribution in [3.63, 3.8) is 0 Å². The van der Waals surface area contributed by atoms with E-state index in [1.165, 1.54) is 12.5 Å². The molecule has 3 aromatic rings. The number of hydrogen-bond acceptors (Lipinski definition) is 5. The van der Waals surface area contributed by atoms with E-state index < -0.39 is 17.8 Å². The van der Waals surface area contributed by atoms with Gasteiger partial charge < -0.3 is 9.73 Å². The van der Waals surface area contributed by atoms with Crippen LogP contribution in [0.4, 0.5) is 13.2 Å². The fraction of sp³-hybridized carbons (Fsp3) is 0.133. The average Bonchev–Trinajstić information content (AvgIpc) is 3.23. The van der Waals surface area contributed by atoms with Gasteiger partial charge in [-0.2, -0.15) is 13.2 Å². The zero-order chi connectivity index (χ0) is 17.2. The summed E-state index contributed by atoms with van der Waals surface area (Å²) in [5.41, 5.74) is -0.153. The Bertz CT molecular complexity index is 844. The van der Waals surface area contributed by atoms with Crippen LogP contribution in [0.25, 0.3) is 11.5 Å². The first-order valence-electron chi connectivity index (χ1n) is 6.74. The van der Waals surface area contributed by atoms with E-state index >= 15 is 0 Å². The van der Waals surface area contributed by atoms with Gasteiger partial charge in [-0.15, -0.1) is 11.3 Å². The van der Waals surface area contributed by atoms with Gasteiger partial charge in [0.25, 0.3) is 5.91 Å². The molecule has 2 aromatic heterocycles. The SMILES string of the molecule is O=C(NCc1nc(C(F)(F)F)cs1)c1ccccc1-c1ncco1. The second-order valence-corrected chi connectivity index (χ2v) is 5.63. The average molecular weight is 353 g/mol. The molecule has 0 unspecified atom stereocenters. The van der Waals surface area contributed by atoms with Gasteiger partial charge in [0.2, 0.25) is 5.89 Å². The molecule has 0 fully saturated rings. The molecule has 124 valence electrons. The van der Waals surface area contributed by atoms with Gasteiger partial charge in [-0.25, -0.2) is 9.97 Å². The lowest BCUT2D eigenvalue weighted by atomic mass is 10.1. The summed E-state index contributed by atoms with van der Waals surface area (Å²) in [6.45, 7) is -0.0977. The third-order valence-corrected chi connectivity index (χ3v) is 3.93. The van der Waals surface area contributed by atoms with Crippen LogP contribution < -0.4 is 5.32 Å². The summed E-state index contributed by atoms with van der Waals surface area (Å²) < 4.78 is 42.7. The highest BCUT2D eigenvalue weighted by atomic mass is 32.1. The topological polar surface area (TPSA) is 68.0 Å². The zero-order valence-corrected chi connectivity index (χ0v) is 12.8. The number of hydrogen-bond donors (Lipinski definition) is 1. The number of alkyl halides is 3. The predicted octanol–water partition coefficient (Wildman–Crippen LogP) is 3.75. The molecule has 0 spiro atoms. The number of rotatable bonds is 4. The number of nitrogens with one attached hydrogen (secondary N) is 1. The number of halogens is 3. The van der Waals surface area contributed by atoms with Crippen molar-refractivity contribution in [3.8, 4) is 11.5 Å². The summed E-state index contributed by atoms with van der Waals surface area (Å²) in [7, 11) is 0. The molecule has 0 aliphatic carbocycles. The smallest absolute Gasteiger partial charge is 0.434 e. The van der Waals surface area contributed by atoms with Gasteiger partial charge in [-0.3, -0.25) is 4.79 Å². The standard InChI is InChI=1S/C15H10F3N3O2S/c16-15(17,18)11-8-24-12(21-11)7-20-13(22)9-3-1-2-4-10(9)14-19-5-6-23-14/h1-6,8H,7H2,(H,20,22). The fourth-order valence-corrected chi connectivity index (χ4v) is 2.74. The molecule has 1 N–H and O–H groups in total. The van der Waals surface area contributed by atoms with Crippen LogP contribution in [0.3, 0.4) is 0 Å². The van der Waals surface area contributed by atoms with Crippen LogP contribution >= 0.6 is 11.3 Å². The van der Waals surface area contributed by atoms with E-state index in [0.717, 1.165) is 16.7 Å². The minimum Gasteiger partial charge on any atom is -0.445 e. The Kier molecular flexibility index (Phi) is 4.34. The monoisotopic (exact) mass is 353 g/mol. The van der Waals surface area contributed by atoms with Crippen molar-refractivity contribution < 1.29 is 22.4 Å². The lowest BCUT2D eigenvalue weighted by molar-refractivity contribution is -0.140. The van der Waals surface area contributed by atoms with Crippen LogP contribution in [0, 0.1) is 0 Å². The highest BCUT2D eigenvalue weighted by molar-refractivity contribution is 7.09. The van der Waals surface area contributed by atoms with Crippen molar-refractivity contribution in [3.05, 3.63) is 58.4 Å². The van der Waals surface area contributed by atoms with Crippen molar-refractivity contribution in [1.82, 2.24) is 15.3 Å². The van der Waals surface area contributed by atoms with E-state index in [1.807, 2.05) is 0 Å². The van der Waals surface area contributed by atoms with E-state index in [0.29, 0.717) is 11.1 Å². The van der Waals surface area contributed by atoms with E-state index in [2.05, 4.69) is 15.3 Å². The maximum absolute atomic E-state index is 12.5. The lowest BCUT2D eigenvalue weighted by Crippen LogP contribution is -2.23. The summed E-state index contributed by atoms with van der Waals surface area (Å²) in [4.78, 5) is 19.8. The maximum Gasteiger partial charge on any atom is 0.434 e. The van der Waals surface area contributed by atoms with Gasteiger partial charge in [-0.05, 0) is 12.1 Å². The van der Waals surface area contributed by atoms with Gasteiger partial charge >= 0.3 is 6.18 Å². The van der Waals surface area contributed by atoms with Crippen LogP contribution in [0.1, 0.15) is 21.1 Å². The number of carbonyl (C=O) groups excluding carboxylic acids is 1. The molecule has 1 aromatic carbocycles. The van der Waals surface area contributed by atoms with E-state index in [4.69, 9.17) is 4.42 Å². The normalized spacial score (nSPS) is 11.5. The third-order valence-electron chi connectivity index (χ3n) is 3.08. The second kappa shape index (κ2) is 6.44. The Morgan fingerprint density at radius 2 is 2.08 bits per heavy atom. The first kappa shape index (κ1) is 16.2. The minimum atomic E-state index is -4.49. The first-order chi connectivity index (χ1) is 11.4. The summed E-state index contributed by atoms with van der Waals surface area (Å²) in [5.74, 6) is -0.165. The molecule has 0 saturated carbocycles. The Hall–Kier alpha value is -2.68. The molecule has 0 saturated heterocycles. The third kappa shape index (κ3) is 3.46. The molecule has 0 radical (unpaired) electrons. The molecule has 24 heavy (non-hydrogen) atoms. The Balaban J connectivity index is 1.73. The Morgan fingerprint density at radius 1 is 1.29 bits per heavy atom. The van der Waals surface area contributed by atoms with E-state index in [-0.39, 0.29) is 17.4 Å². The van der Waals surface area contributed by atoms with Crippen molar-refractivity contribution in [1.29, 1.82) is 0 Å². The number of aromatic nitrogens is 2. The van der Waals surface area contributed by atoms with E-state index in [9.17, 15) is 18.0 Å². The Morgan fingerprint density at radius 3 is 2.75 bits per heavy atom. The highest BCUT2D eigenvalue weighted by Gasteiger charge is 2.33. The van der Waals surface area contributed by atoms with Crippen LogP contribution in [0.15, 0.2) is 46.5 Å². The maximum atomic E-state index is 12.5. The van der Waals surface area contributed by atoms with Crippen molar-refractivity contribution >= 4 is 17.2 Å². The van der Waals surface area contributed by atoms with Crippen molar-refractivity contribution in [2.75, 3.05) is 0 Å². The number of amides is 1. The minimum absolute atomic E-state index is 0.0977. The summed E-state index contributed by atoms with van der Waals surface area (Å²) in [6, 6.07) is 6.66. The second-order valence-electron chi connectivity index (χ2n) is 4.69. The lowest BCUT2D eigenvalue weighted by Gasteiger charge is -2.07. The quantitative estimate of drug-likeness (QED) is 0.776. The molecule has 2 heterocycles. The molecule has 5 nitrogen and oxygen atoms in total. The molecule has 0 aliphatic heterocycles. The number of thiazole rings is 1. The number of nitrogens with zero attached hydrogens (tertiary/aromatic N) is 2. The summed E-state index contributed by atoms with van der Waals surface area (Å²) in [5, 5.41) is 3.64. The summed E-state index contributed by atoms with van der Waals surface area (Å²) >= 11 is 0.839. The zero-order valence-electron chi connectivity index (χ0n) is 12.0. The van der Waals surface area contributed by atoms with Crippen molar-refractivity contribution in [2.45, 2.75) is 12.7 Å². The molecule has 9 heteroatoms. The van der Waals surface area contributed by atoms with Crippen molar-refractivity contribution in [2.24, 2.45) is 0 Å². The highest BCUT2D eigenvalue weighted by Crippen LogP contribution is 2.30. The van der Waals surface area contributed by atoms with E-state index in [1.54, 1.807) is 24.3 Å². The van der Waals surface area contributed by atoms with Gasteiger partial charge in [0, 0.05) is 10.9 Å². The molecule has 1 amide bonds. The fourth-order valence-electron chi connectivity index (χ4n) is 2.00. The van der Waals surface area contributed by atoms with Crippen LogP contribution in [0.5, 0.6) is 0 Å². The van der Waals surface area contributed by atoms with Gasteiger partial charge in [-0.1, -0.05) is 12.1 Å². The van der Waals surface area contributed by atoms with Crippen LogP contribution in [0.2, 0.25) is 0 Å². The first-order valence-corrected chi connectivity index (χ1v) is 7.62. The molecule has 0 atom stereocenters. The van der Waals surface area contributed by atoms with Gasteiger partial charge in [0.15, 0.2) is 5.69 Å². The Labute approximate surface area is 138 Å².